The molecule has 0 spiro atoms. The van der Waals surface area contributed by atoms with Crippen LogP contribution in [0.3, 0.4) is 0 Å². The summed E-state index contributed by atoms with van der Waals surface area (Å²) in [7, 11) is 0. The maximum atomic E-state index is 12.1. The lowest BCUT2D eigenvalue weighted by atomic mass is 10.2. The lowest BCUT2D eigenvalue weighted by Crippen LogP contribution is -2.03. The van der Waals surface area contributed by atoms with Crippen molar-refractivity contribution in [3.63, 3.8) is 0 Å². The third-order valence-corrected chi connectivity index (χ3v) is 0.712. The smallest absolute Gasteiger partial charge is 0.181 e. The summed E-state index contributed by atoms with van der Waals surface area (Å²) in [4.78, 5) is 2.31. The van der Waals surface area contributed by atoms with E-state index in [0.717, 1.165) is 0 Å². The molecule has 0 radical (unpaired) electrons. The molecule has 0 rings (SSSR count). The molecule has 0 unspecified atom stereocenters. The van der Waals surface area contributed by atoms with Crippen molar-refractivity contribution in [1.29, 1.82) is 0 Å². The summed E-state index contributed by atoms with van der Waals surface area (Å²) >= 11 is 0. The maximum absolute atomic E-state index is 12.1. The standard InChI is InChI=1S/C4H8FN3/c1-3(2)4(5)7-8-6/h3-4H,1-2H3/t4-/m1/s1. The summed E-state index contributed by atoms with van der Waals surface area (Å²) in [5, 5.41) is 2.84. The van der Waals surface area contributed by atoms with Crippen LogP contribution in [0.25, 0.3) is 10.4 Å². The third-order valence-electron chi connectivity index (χ3n) is 0.712. The topological polar surface area (TPSA) is 48.8 Å². The second-order valence-electron chi connectivity index (χ2n) is 1.82. The first-order valence-corrected chi connectivity index (χ1v) is 2.36. The van der Waals surface area contributed by atoms with E-state index in [1.807, 2.05) is 0 Å². The summed E-state index contributed by atoms with van der Waals surface area (Å²) in [5.41, 5.74) is 7.70. The quantitative estimate of drug-likeness (QED) is 0.230. The van der Waals surface area contributed by atoms with Gasteiger partial charge >= 0.3 is 0 Å². The fourth-order valence-electron chi connectivity index (χ4n) is 0.183. The summed E-state index contributed by atoms with van der Waals surface area (Å²) < 4.78 is 12.1. The molecule has 0 aliphatic rings. The minimum Gasteiger partial charge on any atom is -0.241 e. The van der Waals surface area contributed by atoms with E-state index >= 15 is 0 Å². The molecule has 0 heterocycles. The Labute approximate surface area is 47.1 Å². The molecular formula is C4H8FN3. The van der Waals surface area contributed by atoms with Crippen molar-refractivity contribution in [2.75, 3.05) is 0 Å². The van der Waals surface area contributed by atoms with Crippen LogP contribution < -0.4 is 0 Å². The van der Waals surface area contributed by atoms with Gasteiger partial charge in [-0.1, -0.05) is 19.0 Å². The average molecular weight is 117 g/mol. The zero-order valence-corrected chi connectivity index (χ0v) is 4.87. The molecule has 0 amide bonds. The van der Waals surface area contributed by atoms with Crippen molar-refractivity contribution in [2.24, 2.45) is 11.0 Å². The minimum absolute atomic E-state index is 0.217. The van der Waals surface area contributed by atoms with Crippen molar-refractivity contribution in [1.82, 2.24) is 0 Å². The van der Waals surface area contributed by atoms with Crippen LogP contribution in [0.5, 0.6) is 0 Å². The van der Waals surface area contributed by atoms with Crippen LogP contribution in [0, 0.1) is 5.92 Å². The van der Waals surface area contributed by atoms with E-state index in [9.17, 15) is 4.39 Å². The molecule has 0 aromatic carbocycles. The Hall–Kier alpha value is -0.760. The van der Waals surface area contributed by atoms with Gasteiger partial charge in [-0.15, -0.1) is 0 Å². The highest BCUT2D eigenvalue weighted by Gasteiger charge is 2.06. The van der Waals surface area contributed by atoms with E-state index < -0.39 is 6.30 Å². The van der Waals surface area contributed by atoms with Crippen LogP contribution in [0.15, 0.2) is 5.11 Å². The first kappa shape index (κ1) is 7.24. The molecule has 0 N–H and O–H groups in total. The number of hydrogen-bond donors (Lipinski definition) is 0. The van der Waals surface area contributed by atoms with Gasteiger partial charge in [0, 0.05) is 4.91 Å². The number of halogens is 1. The molecule has 0 aromatic heterocycles. The highest BCUT2D eigenvalue weighted by molar-refractivity contribution is 4.56. The largest absolute Gasteiger partial charge is 0.241 e. The SMILES string of the molecule is CC(C)[C@H](F)N=[N+]=[N-]. The zero-order valence-electron chi connectivity index (χ0n) is 4.87. The molecule has 3 nitrogen and oxygen atoms in total. The Bertz CT molecular complexity index is 106. The first-order chi connectivity index (χ1) is 3.68. The van der Waals surface area contributed by atoms with Crippen molar-refractivity contribution >= 4 is 0 Å². The minimum atomic E-state index is -1.37. The molecule has 0 fully saturated rings. The molecule has 8 heavy (non-hydrogen) atoms. The summed E-state index contributed by atoms with van der Waals surface area (Å²) in [5.74, 6) is -0.217. The van der Waals surface area contributed by atoms with E-state index in [4.69, 9.17) is 5.53 Å². The predicted molar refractivity (Wildman–Crippen MR) is 28.9 cm³/mol. The second kappa shape index (κ2) is 3.27. The number of alkyl halides is 1. The van der Waals surface area contributed by atoms with E-state index in [1.165, 1.54) is 0 Å². The molecule has 0 saturated heterocycles. The number of nitrogens with zero attached hydrogens (tertiary/aromatic N) is 3. The van der Waals surface area contributed by atoms with Crippen LogP contribution in [-0.2, 0) is 0 Å². The summed E-state index contributed by atoms with van der Waals surface area (Å²) in [6.45, 7) is 3.30. The van der Waals surface area contributed by atoms with Gasteiger partial charge in [-0.25, -0.2) is 4.39 Å². The molecular weight excluding hydrogens is 109 g/mol. The molecule has 0 bridgehead atoms. The molecule has 46 valence electrons. The van der Waals surface area contributed by atoms with Crippen LogP contribution in [0.2, 0.25) is 0 Å². The molecule has 0 aliphatic heterocycles. The van der Waals surface area contributed by atoms with Gasteiger partial charge in [0.05, 0.1) is 0 Å². The molecule has 0 saturated carbocycles. The van der Waals surface area contributed by atoms with Gasteiger partial charge in [-0.3, -0.25) is 0 Å². The highest BCUT2D eigenvalue weighted by Crippen LogP contribution is 2.06. The van der Waals surface area contributed by atoms with Gasteiger partial charge in [0.15, 0.2) is 6.30 Å². The monoisotopic (exact) mass is 117 g/mol. The predicted octanol–water partition coefficient (Wildman–Crippen LogP) is 2.25. The molecule has 1 atom stereocenters. The van der Waals surface area contributed by atoms with Crippen LogP contribution in [0.1, 0.15) is 13.8 Å². The first-order valence-electron chi connectivity index (χ1n) is 2.36. The fraction of sp³-hybridized carbons (Fsp3) is 1.00. The highest BCUT2D eigenvalue weighted by atomic mass is 19.1. The number of azide groups is 1. The van der Waals surface area contributed by atoms with E-state index in [-0.39, 0.29) is 5.92 Å². The fourth-order valence-corrected chi connectivity index (χ4v) is 0.183. The van der Waals surface area contributed by atoms with Gasteiger partial charge in [-0.2, -0.15) is 0 Å². The van der Waals surface area contributed by atoms with E-state index in [0.29, 0.717) is 0 Å². The average Bonchev–Trinajstić information content (AvgIpc) is 1.67. The van der Waals surface area contributed by atoms with Crippen molar-refractivity contribution in [2.45, 2.75) is 20.1 Å². The van der Waals surface area contributed by atoms with Gasteiger partial charge in [0.2, 0.25) is 0 Å². The van der Waals surface area contributed by atoms with Gasteiger partial charge in [0.1, 0.15) is 0 Å². The Kier molecular flexibility index (Phi) is 2.96. The van der Waals surface area contributed by atoms with Gasteiger partial charge < -0.3 is 0 Å². The van der Waals surface area contributed by atoms with Crippen LogP contribution in [-0.4, -0.2) is 6.30 Å². The van der Waals surface area contributed by atoms with E-state index in [2.05, 4.69) is 10.0 Å². The van der Waals surface area contributed by atoms with Crippen LogP contribution >= 0.6 is 0 Å². The third kappa shape index (κ3) is 2.42. The second-order valence-corrected chi connectivity index (χ2v) is 1.82. The normalized spacial score (nSPS) is 13.0. The Morgan fingerprint density at radius 1 is 1.62 bits per heavy atom. The number of rotatable bonds is 2. The van der Waals surface area contributed by atoms with Gasteiger partial charge in [-0.05, 0) is 11.4 Å². The number of hydrogen-bond acceptors (Lipinski definition) is 1. The summed E-state index contributed by atoms with van der Waals surface area (Å²) in [6.07, 6.45) is -1.37. The Morgan fingerprint density at radius 2 is 2.12 bits per heavy atom. The van der Waals surface area contributed by atoms with E-state index in [1.54, 1.807) is 13.8 Å². The zero-order chi connectivity index (χ0) is 6.57. The Balaban J connectivity index is 3.63. The lowest BCUT2D eigenvalue weighted by Gasteiger charge is -2.01. The lowest BCUT2D eigenvalue weighted by molar-refractivity contribution is 0.264. The Morgan fingerprint density at radius 3 is 2.25 bits per heavy atom. The summed E-state index contributed by atoms with van der Waals surface area (Å²) in [6, 6.07) is 0. The molecule has 0 aromatic rings. The molecule has 0 aliphatic carbocycles. The van der Waals surface area contributed by atoms with Gasteiger partial charge in [0.25, 0.3) is 0 Å². The van der Waals surface area contributed by atoms with Crippen LogP contribution in [0.4, 0.5) is 4.39 Å². The molecule has 4 heteroatoms. The maximum Gasteiger partial charge on any atom is 0.181 e. The van der Waals surface area contributed by atoms with Crippen molar-refractivity contribution < 1.29 is 4.39 Å². The van der Waals surface area contributed by atoms with Crippen molar-refractivity contribution in [3.05, 3.63) is 10.4 Å². The van der Waals surface area contributed by atoms with Crippen molar-refractivity contribution in [3.8, 4) is 0 Å².